The molecule has 0 aliphatic carbocycles. The zero-order valence-corrected chi connectivity index (χ0v) is 18.2. The van der Waals surface area contributed by atoms with Crippen LogP contribution < -0.4 is 0 Å². The Morgan fingerprint density at radius 3 is 1.79 bits per heavy atom. The molecule has 3 rings (SSSR count). The minimum absolute atomic E-state index is 0.0920. The molecule has 160 valence electrons. The molecule has 1 aliphatic heterocycles. The second-order valence-corrected chi connectivity index (χ2v) is 6.36. The summed E-state index contributed by atoms with van der Waals surface area (Å²) in [6.07, 6.45) is 2.14. The summed E-state index contributed by atoms with van der Waals surface area (Å²) in [5.74, 6) is -0.268. The molecule has 1 fully saturated rings. The highest BCUT2D eigenvalue weighted by molar-refractivity contribution is 5.89. The third-order valence-electron chi connectivity index (χ3n) is 3.93. The zero-order chi connectivity index (χ0) is 22.1. The molecule has 1 N–H and O–H groups in total. The fourth-order valence-corrected chi connectivity index (χ4v) is 2.35. The lowest BCUT2D eigenvalue weighted by atomic mass is 10.1. The van der Waals surface area contributed by atoms with Gasteiger partial charge in [0.1, 0.15) is 6.61 Å². The fourth-order valence-electron chi connectivity index (χ4n) is 2.35. The van der Waals surface area contributed by atoms with Crippen molar-refractivity contribution in [1.82, 2.24) is 0 Å². The Hall–Kier alpha value is -2.66. The minimum Gasteiger partial charge on any atom is -0.483 e. The number of ether oxygens (including phenoxy) is 2. The Morgan fingerprint density at radius 1 is 1.00 bits per heavy atom. The topological polar surface area (TPSA) is 72.8 Å². The summed E-state index contributed by atoms with van der Waals surface area (Å²) < 4.78 is 10.6. The number of hydrogen-bond donors (Lipinski definition) is 1. The highest BCUT2D eigenvalue weighted by Gasteiger charge is 2.17. The first-order valence-corrected chi connectivity index (χ1v) is 9.92. The highest BCUT2D eigenvalue weighted by atomic mass is 16.6. The van der Waals surface area contributed by atoms with Crippen molar-refractivity contribution in [1.29, 1.82) is 0 Å². The molecule has 2 aromatic rings. The molecule has 29 heavy (non-hydrogen) atoms. The molecule has 0 radical (unpaired) electrons. The summed E-state index contributed by atoms with van der Waals surface area (Å²) in [6, 6.07) is 15.9. The molecule has 0 bridgehead atoms. The molecule has 0 amide bonds. The molecular weight excluding hydrogens is 368 g/mol. The summed E-state index contributed by atoms with van der Waals surface area (Å²) in [5, 5.41) is 6.89. The average Bonchev–Trinajstić information content (AvgIpc) is 3.25. The Balaban J connectivity index is 0.000000505. The van der Waals surface area contributed by atoms with Crippen molar-refractivity contribution in [2.24, 2.45) is 0 Å². The lowest BCUT2D eigenvalue weighted by molar-refractivity contribution is -0.122. The number of hydrogen-bond acceptors (Lipinski definition) is 4. The van der Waals surface area contributed by atoms with Crippen LogP contribution in [0.1, 0.15) is 53.7 Å². The first-order valence-electron chi connectivity index (χ1n) is 9.92. The van der Waals surface area contributed by atoms with Crippen molar-refractivity contribution in [3.05, 3.63) is 70.8 Å². The third kappa shape index (κ3) is 12.4. The molecule has 1 aliphatic rings. The van der Waals surface area contributed by atoms with E-state index in [-0.39, 0.29) is 18.5 Å². The Kier molecular flexibility index (Phi) is 14.8. The number of rotatable bonds is 3. The molecule has 1 saturated heterocycles. The van der Waals surface area contributed by atoms with Crippen LogP contribution in [0, 0.1) is 20.8 Å². The highest BCUT2D eigenvalue weighted by Crippen LogP contribution is 2.13. The van der Waals surface area contributed by atoms with Crippen LogP contribution in [0.4, 0.5) is 0 Å². The molecular formula is C24H34O5. The van der Waals surface area contributed by atoms with Gasteiger partial charge in [0.05, 0.1) is 11.7 Å². The number of aryl methyl sites for hydroxylation is 3. The maximum absolute atomic E-state index is 11.6. The number of esters is 1. The third-order valence-corrected chi connectivity index (χ3v) is 3.93. The molecule has 2 aromatic carbocycles. The van der Waals surface area contributed by atoms with Gasteiger partial charge in [-0.05, 0) is 45.7 Å². The van der Waals surface area contributed by atoms with Gasteiger partial charge in [-0.1, -0.05) is 66.9 Å². The van der Waals surface area contributed by atoms with E-state index < -0.39 is 0 Å². The van der Waals surface area contributed by atoms with E-state index in [4.69, 9.17) is 19.4 Å². The summed E-state index contributed by atoms with van der Waals surface area (Å²) in [5.41, 5.74) is 4.39. The van der Waals surface area contributed by atoms with E-state index in [2.05, 4.69) is 38.1 Å². The fraction of sp³-hybridized carbons (Fsp3) is 0.417. The lowest BCUT2D eigenvalue weighted by Crippen LogP contribution is -2.17. The van der Waals surface area contributed by atoms with Gasteiger partial charge in [-0.25, -0.2) is 4.79 Å². The summed E-state index contributed by atoms with van der Waals surface area (Å²) >= 11 is 0. The number of carbonyl (C=O) groups excluding carboxylic acids is 1. The molecule has 0 saturated carbocycles. The number of carboxylic acid groups (broad SMARTS) is 1. The smallest absolute Gasteiger partial charge is 0.338 e. The predicted octanol–water partition coefficient (Wildman–Crippen LogP) is 5.36. The normalized spacial score (nSPS) is 14.0. The molecule has 1 unspecified atom stereocenters. The SMILES string of the molecule is CC.Cc1ccc(C(=O)OCC2CCCO2)cc1.Cc1ccc(C)cc1.O=CO. The summed E-state index contributed by atoms with van der Waals surface area (Å²) in [7, 11) is 0. The average molecular weight is 403 g/mol. The Morgan fingerprint density at radius 2 is 1.41 bits per heavy atom. The van der Waals surface area contributed by atoms with Gasteiger partial charge in [-0.15, -0.1) is 0 Å². The van der Waals surface area contributed by atoms with Crippen LogP contribution in [0.3, 0.4) is 0 Å². The van der Waals surface area contributed by atoms with E-state index >= 15 is 0 Å². The molecule has 1 atom stereocenters. The second-order valence-electron chi connectivity index (χ2n) is 6.36. The minimum atomic E-state index is -0.268. The van der Waals surface area contributed by atoms with Gasteiger partial charge in [-0.2, -0.15) is 0 Å². The second kappa shape index (κ2) is 16.3. The van der Waals surface area contributed by atoms with Gasteiger partial charge in [-0.3, -0.25) is 4.79 Å². The van der Waals surface area contributed by atoms with Crippen molar-refractivity contribution in [2.75, 3.05) is 13.2 Å². The van der Waals surface area contributed by atoms with E-state index in [0.717, 1.165) is 25.0 Å². The van der Waals surface area contributed by atoms with E-state index in [1.165, 1.54) is 11.1 Å². The molecule has 1 heterocycles. The molecule has 0 aromatic heterocycles. The van der Waals surface area contributed by atoms with Gasteiger partial charge in [0.2, 0.25) is 0 Å². The van der Waals surface area contributed by atoms with Crippen LogP contribution in [0.15, 0.2) is 48.5 Å². The Bertz CT molecular complexity index is 650. The van der Waals surface area contributed by atoms with Crippen molar-refractivity contribution in [3.63, 3.8) is 0 Å². The van der Waals surface area contributed by atoms with Crippen LogP contribution in [-0.2, 0) is 14.3 Å². The molecule has 5 heteroatoms. The lowest BCUT2D eigenvalue weighted by Gasteiger charge is -2.10. The van der Waals surface area contributed by atoms with Crippen LogP contribution in [0.5, 0.6) is 0 Å². The van der Waals surface area contributed by atoms with Gasteiger partial charge in [0.15, 0.2) is 0 Å². The maximum Gasteiger partial charge on any atom is 0.338 e. The predicted molar refractivity (Wildman–Crippen MR) is 116 cm³/mol. The van der Waals surface area contributed by atoms with Gasteiger partial charge in [0.25, 0.3) is 6.47 Å². The summed E-state index contributed by atoms with van der Waals surface area (Å²) in [6.45, 7) is 11.1. The van der Waals surface area contributed by atoms with Crippen molar-refractivity contribution < 1.29 is 24.2 Å². The summed E-state index contributed by atoms with van der Waals surface area (Å²) in [4.78, 5) is 20.0. The quantitative estimate of drug-likeness (QED) is 0.552. The van der Waals surface area contributed by atoms with Gasteiger partial charge in [0, 0.05) is 6.61 Å². The largest absolute Gasteiger partial charge is 0.483 e. The Labute approximate surface area is 174 Å². The number of benzene rings is 2. The van der Waals surface area contributed by atoms with Gasteiger partial charge >= 0.3 is 5.97 Å². The first-order chi connectivity index (χ1) is 14.0. The standard InChI is InChI=1S/C13H16O3.C8H10.C2H6.CH2O2/c1-10-4-6-11(7-5-10)13(14)16-9-12-3-2-8-15-12;1-7-3-5-8(2)6-4-7;1-2;2-1-3/h4-7,12H,2-3,8-9H2,1H3;3-6H,1-2H3;1-2H3;1H,(H,2,3). The van der Waals surface area contributed by atoms with Crippen molar-refractivity contribution in [2.45, 2.75) is 53.6 Å². The number of carbonyl (C=O) groups is 2. The van der Waals surface area contributed by atoms with E-state index in [9.17, 15) is 4.79 Å². The first kappa shape index (κ1) is 26.3. The van der Waals surface area contributed by atoms with E-state index in [0.29, 0.717) is 12.2 Å². The van der Waals surface area contributed by atoms with Crippen LogP contribution in [0.2, 0.25) is 0 Å². The monoisotopic (exact) mass is 402 g/mol. The van der Waals surface area contributed by atoms with Gasteiger partial charge < -0.3 is 14.6 Å². The van der Waals surface area contributed by atoms with Crippen molar-refractivity contribution in [3.8, 4) is 0 Å². The van der Waals surface area contributed by atoms with E-state index in [1.54, 1.807) is 12.1 Å². The molecule has 5 nitrogen and oxygen atoms in total. The molecule has 0 spiro atoms. The van der Waals surface area contributed by atoms with E-state index in [1.807, 2.05) is 32.9 Å². The van der Waals surface area contributed by atoms with Crippen LogP contribution in [-0.4, -0.2) is 36.9 Å². The maximum atomic E-state index is 11.6. The van der Waals surface area contributed by atoms with Crippen LogP contribution in [0.25, 0.3) is 0 Å². The van der Waals surface area contributed by atoms with Crippen LogP contribution >= 0.6 is 0 Å². The van der Waals surface area contributed by atoms with Crippen molar-refractivity contribution >= 4 is 12.4 Å². The zero-order valence-electron chi connectivity index (χ0n) is 18.2.